The highest BCUT2D eigenvalue weighted by Crippen LogP contribution is 2.26. The summed E-state index contributed by atoms with van der Waals surface area (Å²) in [5, 5.41) is 13.5. The van der Waals surface area contributed by atoms with Gasteiger partial charge in [0, 0.05) is 30.9 Å². The quantitative estimate of drug-likeness (QED) is 0.878. The molecule has 1 heterocycles. The molecule has 3 heteroatoms. The van der Waals surface area contributed by atoms with Crippen molar-refractivity contribution in [2.75, 3.05) is 18.0 Å². The summed E-state index contributed by atoms with van der Waals surface area (Å²) in [7, 11) is 0. The Labute approximate surface area is 116 Å². The Bertz CT molecular complexity index is 417. The maximum absolute atomic E-state index is 10.0. The van der Waals surface area contributed by atoms with Gasteiger partial charge in [0.25, 0.3) is 0 Å². The Balaban J connectivity index is 1.95. The number of nitrogens with one attached hydrogen (secondary N) is 1. The Morgan fingerprint density at radius 1 is 1.26 bits per heavy atom. The van der Waals surface area contributed by atoms with Crippen LogP contribution in [0.2, 0.25) is 0 Å². The first-order chi connectivity index (χ1) is 8.75. The van der Waals surface area contributed by atoms with E-state index >= 15 is 0 Å². The number of benzene rings is 1. The van der Waals surface area contributed by atoms with Crippen LogP contribution in [0.3, 0.4) is 0 Å². The third kappa shape index (κ3) is 4.22. The number of rotatable bonds is 3. The third-order valence-electron chi connectivity index (χ3n) is 3.58. The molecule has 1 aliphatic heterocycles. The second-order valence-electron chi connectivity index (χ2n) is 6.94. The highest BCUT2D eigenvalue weighted by atomic mass is 16.3. The second-order valence-corrected chi connectivity index (χ2v) is 6.94. The minimum atomic E-state index is -0.535. The average molecular weight is 262 g/mol. The molecule has 0 aliphatic carbocycles. The first-order valence-electron chi connectivity index (χ1n) is 7.07. The van der Waals surface area contributed by atoms with Gasteiger partial charge in [0.05, 0.1) is 5.60 Å². The average Bonchev–Trinajstić information content (AvgIpc) is 2.67. The molecule has 0 spiro atoms. The molecule has 1 unspecified atom stereocenters. The first-order valence-corrected chi connectivity index (χ1v) is 7.07. The van der Waals surface area contributed by atoms with Gasteiger partial charge in [-0.3, -0.25) is 0 Å². The molecule has 0 aromatic heterocycles. The van der Waals surface area contributed by atoms with Crippen molar-refractivity contribution in [3.8, 4) is 0 Å². The number of hydrogen-bond acceptors (Lipinski definition) is 3. The van der Waals surface area contributed by atoms with Crippen LogP contribution in [0.5, 0.6) is 0 Å². The molecule has 2 N–H and O–H groups in total. The van der Waals surface area contributed by atoms with E-state index in [4.69, 9.17) is 0 Å². The molecule has 0 saturated carbocycles. The van der Waals surface area contributed by atoms with Gasteiger partial charge >= 0.3 is 0 Å². The van der Waals surface area contributed by atoms with Crippen molar-refractivity contribution < 1.29 is 5.11 Å². The molecule has 0 radical (unpaired) electrons. The van der Waals surface area contributed by atoms with Gasteiger partial charge in [0.1, 0.15) is 0 Å². The molecule has 1 atom stereocenters. The maximum Gasteiger partial charge on any atom is 0.0810 e. The van der Waals surface area contributed by atoms with E-state index in [-0.39, 0.29) is 5.54 Å². The summed E-state index contributed by atoms with van der Waals surface area (Å²) in [6.45, 7) is 11.0. The predicted octanol–water partition coefficient (Wildman–Crippen LogP) is 2.54. The monoisotopic (exact) mass is 262 g/mol. The fourth-order valence-corrected chi connectivity index (χ4v) is 2.36. The van der Waals surface area contributed by atoms with Crippen LogP contribution < -0.4 is 10.2 Å². The van der Waals surface area contributed by atoms with Gasteiger partial charge in [-0.15, -0.1) is 0 Å². The Morgan fingerprint density at radius 2 is 1.89 bits per heavy atom. The summed E-state index contributed by atoms with van der Waals surface area (Å²) >= 11 is 0. The molecular weight excluding hydrogens is 236 g/mol. The minimum Gasteiger partial charge on any atom is -0.388 e. The lowest BCUT2D eigenvalue weighted by atomic mass is 10.1. The first kappa shape index (κ1) is 14.4. The topological polar surface area (TPSA) is 35.5 Å². The molecule has 1 aromatic rings. The molecule has 1 saturated heterocycles. The summed E-state index contributed by atoms with van der Waals surface area (Å²) < 4.78 is 0. The van der Waals surface area contributed by atoms with Crippen molar-refractivity contribution in [3.05, 3.63) is 29.8 Å². The van der Waals surface area contributed by atoms with Crippen molar-refractivity contribution in [1.29, 1.82) is 0 Å². The molecule has 0 amide bonds. The van der Waals surface area contributed by atoms with Gasteiger partial charge in [-0.2, -0.15) is 0 Å². The van der Waals surface area contributed by atoms with E-state index in [0.29, 0.717) is 0 Å². The molecule has 1 aliphatic rings. The highest BCUT2D eigenvalue weighted by Gasteiger charge is 2.31. The van der Waals surface area contributed by atoms with Crippen LogP contribution >= 0.6 is 0 Å². The van der Waals surface area contributed by atoms with E-state index in [1.54, 1.807) is 0 Å². The van der Waals surface area contributed by atoms with E-state index < -0.39 is 5.60 Å². The van der Waals surface area contributed by atoms with Crippen molar-refractivity contribution in [2.45, 2.75) is 51.8 Å². The molecule has 1 aromatic carbocycles. The van der Waals surface area contributed by atoms with Crippen LogP contribution in [0.15, 0.2) is 24.3 Å². The highest BCUT2D eigenvalue weighted by molar-refractivity contribution is 5.49. The molecule has 1 fully saturated rings. The lowest BCUT2D eigenvalue weighted by Gasteiger charge is -2.22. The van der Waals surface area contributed by atoms with Gasteiger partial charge in [0.2, 0.25) is 0 Å². The summed E-state index contributed by atoms with van der Waals surface area (Å²) in [5.74, 6) is 0. The van der Waals surface area contributed by atoms with Crippen LogP contribution in [0, 0.1) is 0 Å². The third-order valence-corrected chi connectivity index (χ3v) is 3.58. The standard InChI is InChI=1S/C16H26N2O/c1-15(2,3)17-11-13-5-7-14(8-6-13)18-10-9-16(4,19)12-18/h5-8,17,19H,9-12H2,1-4H3. The number of nitrogens with zero attached hydrogens (tertiary/aromatic N) is 1. The van der Waals surface area contributed by atoms with Crippen molar-refractivity contribution in [1.82, 2.24) is 5.32 Å². The summed E-state index contributed by atoms with van der Waals surface area (Å²) in [5.41, 5.74) is 2.11. The van der Waals surface area contributed by atoms with E-state index in [0.717, 1.165) is 26.1 Å². The number of aliphatic hydroxyl groups is 1. The zero-order valence-electron chi connectivity index (χ0n) is 12.5. The van der Waals surface area contributed by atoms with Gasteiger partial charge in [0.15, 0.2) is 0 Å². The van der Waals surface area contributed by atoms with Crippen LogP contribution in [0.25, 0.3) is 0 Å². The van der Waals surface area contributed by atoms with Crippen LogP contribution in [-0.4, -0.2) is 29.3 Å². The number of anilines is 1. The molecule has 0 bridgehead atoms. The van der Waals surface area contributed by atoms with E-state index in [1.165, 1.54) is 11.3 Å². The zero-order chi connectivity index (χ0) is 14.1. The van der Waals surface area contributed by atoms with Gasteiger partial charge < -0.3 is 15.3 Å². The largest absolute Gasteiger partial charge is 0.388 e. The van der Waals surface area contributed by atoms with Gasteiger partial charge in [-0.05, 0) is 51.8 Å². The normalized spacial score (nSPS) is 23.9. The zero-order valence-corrected chi connectivity index (χ0v) is 12.5. The Kier molecular flexibility index (Phi) is 3.88. The number of β-amino-alcohol motifs (C(OH)–C–C–N with tert-alkyl or cyclic N) is 1. The van der Waals surface area contributed by atoms with Crippen molar-refractivity contribution in [3.63, 3.8) is 0 Å². The Hall–Kier alpha value is -1.06. The Morgan fingerprint density at radius 3 is 2.37 bits per heavy atom. The summed E-state index contributed by atoms with van der Waals surface area (Å²) in [6, 6.07) is 8.64. The number of hydrogen-bond donors (Lipinski definition) is 2. The van der Waals surface area contributed by atoms with Gasteiger partial charge in [-0.1, -0.05) is 12.1 Å². The van der Waals surface area contributed by atoms with Crippen molar-refractivity contribution in [2.24, 2.45) is 0 Å². The molecule has 3 nitrogen and oxygen atoms in total. The lowest BCUT2D eigenvalue weighted by molar-refractivity contribution is 0.0839. The summed E-state index contributed by atoms with van der Waals surface area (Å²) in [4.78, 5) is 2.25. The molecule has 106 valence electrons. The van der Waals surface area contributed by atoms with E-state index in [2.05, 4.69) is 55.3 Å². The second kappa shape index (κ2) is 5.14. The molecule has 2 rings (SSSR count). The maximum atomic E-state index is 10.0. The van der Waals surface area contributed by atoms with Crippen LogP contribution in [-0.2, 0) is 6.54 Å². The molecule has 19 heavy (non-hydrogen) atoms. The van der Waals surface area contributed by atoms with Gasteiger partial charge in [-0.25, -0.2) is 0 Å². The van der Waals surface area contributed by atoms with E-state index in [1.807, 2.05) is 6.92 Å². The SMILES string of the molecule is CC1(O)CCN(c2ccc(CNC(C)(C)C)cc2)C1. The van der Waals surface area contributed by atoms with E-state index in [9.17, 15) is 5.11 Å². The lowest BCUT2D eigenvalue weighted by Crippen LogP contribution is -2.35. The van der Waals surface area contributed by atoms with Crippen LogP contribution in [0.4, 0.5) is 5.69 Å². The predicted molar refractivity (Wildman–Crippen MR) is 80.5 cm³/mol. The fraction of sp³-hybridized carbons (Fsp3) is 0.625. The fourth-order valence-electron chi connectivity index (χ4n) is 2.36. The van der Waals surface area contributed by atoms with Crippen molar-refractivity contribution >= 4 is 5.69 Å². The summed E-state index contributed by atoms with van der Waals surface area (Å²) in [6.07, 6.45) is 0.848. The minimum absolute atomic E-state index is 0.145. The van der Waals surface area contributed by atoms with Crippen LogP contribution in [0.1, 0.15) is 39.7 Å². The molecular formula is C16H26N2O. The smallest absolute Gasteiger partial charge is 0.0810 e.